The van der Waals surface area contributed by atoms with Crippen molar-refractivity contribution in [3.8, 4) is 17.0 Å². The number of aromatic nitrogens is 1. The minimum absolute atomic E-state index is 0.726. The molecule has 2 rings (SSSR count). The quantitative estimate of drug-likeness (QED) is 0.791. The molecule has 1 aromatic carbocycles. The van der Waals surface area contributed by atoms with Crippen LogP contribution in [0.15, 0.2) is 30.3 Å². The highest BCUT2D eigenvalue weighted by Gasteiger charge is 2.04. The number of methoxy groups -OCH3 is 2. The van der Waals surface area contributed by atoms with Gasteiger partial charge in [-0.25, -0.2) is 0 Å². The maximum absolute atomic E-state index is 5.15. The van der Waals surface area contributed by atoms with E-state index in [0.29, 0.717) is 0 Å². The summed E-state index contributed by atoms with van der Waals surface area (Å²) >= 11 is 1.53. The summed E-state index contributed by atoms with van der Waals surface area (Å²) in [7, 11) is 3.37. The van der Waals surface area contributed by atoms with Gasteiger partial charge in [-0.1, -0.05) is 0 Å². The second-order valence-corrected chi connectivity index (χ2v) is 4.97. The number of hydrogen-bond donors (Lipinski definition) is 1. The Hall–Kier alpha value is -1.43. The standard InChI is InChI=1S/C14H18N2O2S/c1-17-8-7-15-10-13-9-14(16-19-13)11-3-5-12(18-2)6-4-11/h3-6,9,15H,7-8,10H2,1-2H3. The minimum Gasteiger partial charge on any atom is -0.497 e. The Labute approximate surface area is 117 Å². The Morgan fingerprint density at radius 3 is 2.68 bits per heavy atom. The summed E-state index contributed by atoms with van der Waals surface area (Å²) in [4.78, 5) is 1.22. The molecule has 0 unspecified atom stereocenters. The summed E-state index contributed by atoms with van der Waals surface area (Å²) in [5.41, 5.74) is 2.12. The van der Waals surface area contributed by atoms with E-state index in [1.165, 1.54) is 16.4 Å². The molecule has 0 saturated heterocycles. The molecule has 19 heavy (non-hydrogen) atoms. The molecule has 0 aliphatic heterocycles. The monoisotopic (exact) mass is 278 g/mol. The largest absolute Gasteiger partial charge is 0.497 e. The van der Waals surface area contributed by atoms with Crippen LogP contribution in [0.4, 0.5) is 0 Å². The van der Waals surface area contributed by atoms with Gasteiger partial charge in [-0.05, 0) is 41.9 Å². The van der Waals surface area contributed by atoms with Crippen molar-refractivity contribution in [2.45, 2.75) is 6.54 Å². The van der Waals surface area contributed by atoms with E-state index < -0.39 is 0 Å². The number of hydrogen-bond acceptors (Lipinski definition) is 5. The lowest BCUT2D eigenvalue weighted by Gasteiger charge is -2.01. The highest BCUT2D eigenvalue weighted by molar-refractivity contribution is 7.06. The highest BCUT2D eigenvalue weighted by Crippen LogP contribution is 2.24. The van der Waals surface area contributed by atoms with Crippen molar-refractivity contribution in [2.75, 3.05) is 27.4 Å². The van der Waals surface area contributed by atoms with Crippen LogP contribution < -0.4 is 10.1 Å². The summed E-state index contributed by atoms with van der Waals surface area (Å²) in [5, 5.41) is 3.31. The number of nitrogens with zero attached hydrogens (tertiary/aromatic N) is 1. The molecule has 1 N–H and O–H groups in total. The number of ether oxygens (including phenoxy) is 2. The Morgan fingerprint density at radius 2 is 2.00 bits per heavy atom. The average Bonchev–Trinajstić information content (AvgIpc) is 2.92. The molecule has 0 saturated carbocycles. The zero-order valence-corrected chi connectivity index (χ0v) is 12.0. The Kier molecular flexibility index (Phi) is 5.32. The molecule has 1 aromatic heterocycles. The first-order chi connectivity index (χ1) is 9.33. The van der Waals surface area contributed by atoms with Gasteiger partial charge in [0.15, 0.2) is 0 Å². The number of benzene rings is 1. The van der Waals surface area contributed by atoms with Crippen LogP contribution in [0.5, 0.6) is 5.75 Å². The third-order valence-electron chi connectivity index (χ3n) is 2.73. The van der Waals surface area contributed by atoms with Gasteiger partial charge in [0.1, 0.15) is 5.75 Å². The lowest BCUT2D eigenvalue weighted by Crippen LogP contribution is -2.17. The van der Waals surface area contributed by atoms with Crippen molar-refractivity contribution < 1.29 is 9.47 Å². The second-order valence-electron chi connectivity index (χ2n) is 4.08. The zero-order chi connectivity index (χ0) is 13.5. The molecule has 102 valence electrons. The van der Waals surface area contributed by atoms with Gasteiger partial charge in [-0.2, -0.15) is 4.37 Å². The fourth-order valence-electron chi connectivity index (χ4n) is 1.68. The van der Waals surface area contributed by atoms with Crippen molar-refractivity contribution in [2.24, 2.45) is 0 Å². The van der Waals surface area contributed by atoms with Gasteiger partial charge in [0, 0.05) is 30.6 Å². The molecule has 0 atom stereocenters. The molecule has 2 aromatic rings. The van der Waals surface area contributed by atoms with Crippen LogP contribution in [-0.2, 0) is 11.3 Å². The van der Waals surface area contributed by atoms with Crippen molar-refractivity contribution in [3.63, 3.8) is 0 Å². The van der Waals surface area contributed by atoms with Crippen LogP contribution >= 0.6 is 11.5 Å². The Balaban J connectivity index is 1.95. The van der Waals surface area contributed by atoms with E-state index in [2.05, 4.69) is 15.8 Å². The molecule has 0 radical (unpaired) electrons. The van der Waals surface area contributed by atoms with E-state index in [1.54, 1.807) is 14.2 Å². The van der Waals surface area contributed by atoms with Crippen LogP contribution in [0.3, 0.4) is 0 Å². The normalized spacial score (nSPS) is 10.6. The SMILES string of the molecule is COCCNCc1cc(-c2ccc(OC)cc2)ns1. The van der Waals surface area contributed by atoms with Gasteiger partial charge in [-0.3, -0.25) is 0 Å². The van der Waals surface area contributed by atoms with Gasteiger partial charge >= 0.3 is 0 Å². The van der Waals surface area contributed by atoms with Gasteiger partial charge in [0.25, 0.3) is 0 Å². The van der Waals surface area contributed by atoms with Crippen molar-refractivity contribution in [1.29, 1.82) is 0 Å². The van der Waals surface area contributed by atoms with E-state index in [0.717, 1.165) is 36.7 Å². The van der Waals surface area contributed by atoms with Crippen LogP contribution in [0.25, 0.3) is 11.3 Å². The smallest absolute Gasteiger partial charge is 0.118 e. The van der Waals surface area contributed by atoms with Crippen LogP contribution in [0.1, 0.15) is 4.88 Å². The molecular weight excluding hydrogens is 260 g/mol. The average molecular weight is 278 g/mol. The molecule has 0 bridgehead atoms. The lowest BCUT2D eigenvalue weighted by atomic mass is 10.1. The predicted molar refractivity (Wildman–Crippen MR) is 77.7 cm³/mol. The van der Waals surface area contributed by atoms with Crippen molar-refractivity contribution >= 4 is 11.5 Å². The molecule has 0 aliphatic rings. The number of nitrogens with one attached hydrogen (secondary N) is 1. The first-order valence-corrected chi connectivity index (χ1v) is 6.90. The van der Waals surface area contributed by atoms with E-state index in [4.69, 9.17) is 9.47 Å². The number of rotatable bonds is 7. The van der Waals surface area contributed by atoms with Gasteiger partial charge in [0.05, 0.1) is 19.4 Å². The molecule has 0 amide bonds. The Morgan fingerprint density at radius 1 is 1.21 bits per heavy atom. The summed E-state index contributed by atoms with van der Waals surface area (Å²) in [6, 6.07) is 10.1. The van der Waals surface area contributed by atoms with E-state index in [-0.39, 0.29) is 0 Å². The Bertz CT molecular complexity index is 496. The zero-order valence-electron chi connectivity index (χ0n) is 11.2. The van der Waals surface area contributed by atoms with Crippen molar-refractivity contribution in [1.82, 2.24) is 9.69 Å². The molecule has 0 aliphatic carbocycles. The first kappa shape index (κ1) is 14.0. The second kappa shape index (κ2) is 7.23. The maximum atomic E-state index is 5.15. The minimum atomic E-state index is 0.726. The van der Waals surface area contributed by atoms with Crippen LogP contribution in [0, 0.1) is 0 Å². The van der Waals surface area contributed by atoms with Gasteiger partial charge in [-0.15, -0.1) is 0 Å². The molecule has 4 nitrogen and oxygen atoms in total. The fraction of sp³-hybridized carbons (Fsp3) is 0.357. The molecule has 1 heterocycles. The van der Waals surface area contributed by atoms with Crippen LogP contribution in [0.2, 0.25) is 0 Å². The third kappa shape index (κ3) is 4.02. The van der Waals surface area contributed by atoms with Crippen molar-refractivity contribution in [3.05, 3.63) is 35.2 Å². The first-order valence-electron chi connectivity index (χ1n) is 6.13. The third-order valence-corrected chi connectivity index (χ3v) is 3.51. The van der Waals surface area contributed by atoms with Crippen LogP contribution in [-0.4, -0.2) is 31.7 Å². The van der Waals surface area contributed by atoms with E-state index in [1.807, 2.05) is 24.3 Å². The molecule has 0 spiro atoms. The molecule has 5 heteroatoms. The van der Waals surface area contributed by atoms with E-state index in [9.17, 15) is 0 Å². The molecular formula is C14H18N2O2S. The fourth-order valence-corrected chi connectivity index (χ4v) is 2.38. The maximum Gasteiger partial charge on any atom is 0.118 e. The topological polar surface area (TPSA) is 43.4 Å². The summed E-state index contributed by atoms with van der Waals surface area (Å²) in [6.07, 6.45) is 0. The van der Waals surface area contributed by atoms with E-state index >= 15 is 0 Å². The summed E-state index contributed by atoms with van der Waals surface area (Å²) < 4.78 is 14.6. The van der Waals surface area contributed by atoms with Gasteiger partial charge < -0.3 is 14.8 Å². The highest BCUT2D eigenvalue weighted by atomic mass is 32.1. The molecule has 0 fully saturated rings. The summed E-state index contributed by atoms with van der Waals surface area (Å²) in [5.74, 6) is 0.862. The predicted octanol–water partition coefficient (Wildman–Crippen LogP) is 2.55. The van der Waals surface area contributed by atoms with Gasteiger partial charge in [0.2, 0.25) is 0 Å². The summed E-state index contributed by atoms with van der Waals surface area (Å²) in [6.45, 7) is 2.41. The lowest BCUT2D eigenvalue weighted by molar-refractivity contribution is 0.199.